The van der Waals surface area contributed by atoms with E-state index in [2.05, 4.69) is 20.9 Å². The first-order valence-corrected chi connectivity index (χ1v) is 6.28. The second-order valence-corrected chi connectivity index (χ2v) is 4.71. The molecule has 0 saturated heterocycles. The highest BCUT2D eigenvalue weighted by Gasteiger charge is 2.03. The van der Waals surface area contributed by atoms with Crippen LogP contribution in [-0.4, -0.2) is 11.3 Å². The van der Waals surface area contributed by atoms with Gasteiger partial charge in [-0.05, 0) is 30.2 Å². The standard InChI is InChI=1S/C14H12BrNO2/c1-10-12(3-2-4-13(10)15)9-18-14-6-5-11(8-17)7-16-14/h2-8H,9H2,1H3. The summed E-state index contributed by atoms with van der Waals surface area (Å²) < 4.78 is 6.64. The lowest BCUT2D eigenvalue weighted by atomic mass is 10.1. The van der Waals surface area contributed by atoms with Crippen LogP contribution in [0.3, 0.4) is 0 Å². The van der Waals surface area contributed by atoms with Crippen molar-refractivity contribution < 1.29 is 9.53 Å². The predicted molar refractivity (Wildman–Crippen MR) is 72.8 cm³/mol. The minimum Gasteiger partial charge on any atom is -0.473 e. The number of benzene rings is 1. The first-order valence-electron chi connectivity index (χ1n) is 5.48. The highest BCUT2D eigenvalue weighted by Crippen LogP contribution is 2.20. The normalized spacial score (nSPS) is 10.1. The molecule has 4 heteroatoms. The fourth-order valence-electron chi connectivity index (χ4n) is 1.51. The van der Waals surface area contributed by atoms with E-state index in [9.17, 15) is 4.79 Å². The molecule has 0 aliphatic carbocycles. The van der Waals surface area contributed by atoms with Crippen LogP contribution < -0.4 is 4.74 Å². The SMILES string of the molecule is Cc1c(Br)cccc1COc1ccc(C=O)cn1. The number of carbonyl (C=O) groups excluding carboxylic acids is 1. The van der Waals surface area contributed by atoms with Crippen LogP contribution in [0, 0.1) is 6.92 Å². The van der Waals surface area contributed by atoms with E-state index >= 15 is 0 Å². The molecule has 0 atom stereocenters. The highest BCUT2D eigenvalue weighted by molar-refractivity contribution is 9.10. The van der Waals surface area contributed by atoms with E-state index in [0.717, 1.165) is 21.9 Å². The Kier molecular flexibility index (Phi) is 4.10. The molecule has 0 amide bonds. The Labute approximate surface area is 114 Å². The summed E-state index contributed by atoms with van der Waals surface area (Å²) in [6.45, 7) is 2.49. The lowest BCUT2D eigenvalue weighted by molar-refractivity contribution is 0.112. The van der Waals surface area contributed by atoms with E-state index in [-0.39, 0.29) is 0 Å². The van der Waals surface area contributed by atoms with E-state index in [1.807, 2.05) is 25.1 Å². The predicted octanol–water partition coefficient (Wildman–Crippen LogP) is 3.54. The topological polar surface area (TPSA) is 39.2 Å². The Morgan fingerprint density at radius 1 is 1.33 bits per heavy atom. The van der Waals surface area contributed by atoms with Crippen LogP contribution in [0.4, 0.5) is 0 Å². The van der Waals surface area contributed by atoms with Crippen LogP contribution >= 0.6 is 15.9 Å². The molecule has 3 nitrogen and oxygen atoms in total. The molecule has 92 valence electrons. The third-order valence-corrected chi connectivity index (χ3v) is 3.51. The smallest absolute Gasteiger partial charge is 0.213 e. The van der Waals surface area contributed by atoms with Crippen LogP contribution in [0.15, 0.2) is 41.0 Å². The summed E-state index contributed by atoms with van der Waals surface area (Å²) in [5.41, 5.74) is 2.80. The van der Waals surface area contributed by atoms with E-state index < -0.39 is 0 Å². The number of carbonyl (C=O) groups is 1. The summed E-state index contributed by atoms with van der Waals surface area (Å²) in [6, 6.07) is 9.36. The van der Waals surface area contributed by atoms with Gasteiger partial charge in [-0.2, -0.15) is 0 Å². The third kappa shape index (κ3) is 2.96. The van der Waals surface area contributed by atoms with Crippen LogP contribution in [0.5, 0.6) is 5.88 Å². The first-order chi connectivity index (χ1) is 8.70. The van der Waals surface area contributed by atoms with Crippen molar-refractivity contribution in [1.29, 1.82) is 0 Å². The van der Waals surface area contributed by atoms with Crippen molar-refractivity contribution in [2.24, 2.45) is 0 Å². The zero-order valence-electron chi connectivity index (χ0n) is 9.89. The van der Waals surface area contributed by atoms with Crippen LogP contribution in [-0.2, 0) is 6.61 Å². The maximum Gasteiger partial charge on any atom is 0.213 e. The minimum absolute atomic E-state index is 0.457. The van der Waals surface area contributed by atoms with Gasteiger partial charge >= 0.3 is 0 Å². The van der Waals surface area contributed by atoms with E-state index in [4.69, 9.17) is 4.74 Å². The quantitative estimate of drug-likeness (QED) is 0.811. The van der Waals surface area contributed by atoms with Crippen LogP contribution in [0.1, 0.15) is 21.5 Å². The molecule has 0 bridgehead atoms. The summed E-state index contributed by atoms with van der Waals surface area (Å²) in [6.07, 6.45) is 2.26. The Morgan fingerprint density at radius 2 is 2.17 bits per heavy atom. The average Bonchev–Trinajstić information content (AvgIpc) is 2.41. The molecule has 0 aliphatic heterocycles. The Balaban J connectivity index is 2.06. The number of pyridine rings is 1. The molecular weight excluding hydrogens is 294 g/mol. The summed E-state index contributed by atoms with van der Waals surface area (Å²) in [5.74, 6) is 0.514. The number of ether oxygens (including phenoxy) is 1. The molecule has 0 unspecified atom stereocenters. The van der Waals surface area contributed by atoms with Gasteiger partial charge in [-0.1, -0.05) is 28.1 Å². The second-order valence-electron chi connectivity index (χ2n) is 3.86. The van der Waals surface area contributed by atoms with E-state index in [1.54, 1.807) is 12.1 Å². The zero-order chi connectivity index (χ0) is 13.0. The molecule has 0 aliphatic rings. The van der Waals surface area contributed by atoms with Crippen molar-refractivity contribution in [3.05, 3.63) is 57.7 Å². The van der Waals surface area contributed by atoms with Crippen molar-refractivity contribution in [2.75, 3.05) is 0 Å². The molecule has 1 aromatic carbocycles. The molecule has 1 heterocycles. The second kappa shape index (κ2) is 5.78. The van der Waals surface area contributed by atoms with Gasteiger partial charge in [0, 0.05) is 22.3 Å². The molecule has 0 spiro atoms. The maximum absolute atomic E-state index is 10.5. The number of rotatable bonds is 4. The van der Waals surface area contributed by atoms with Crippen molar-refractivity contribution in [1.82, 2.24) is 4.98 Å². The van der Waals surface area contributed by atoms with E-state index in [1.165, 1.54) is 6.20 Å². The fourth-order valence-corrected chi connectivity index (χ4v) is 1.91. The average molecular weight is 306 g/mol. The fraction of sp³-hybridized carbons (Fsp3) is 0.143. The minimum atomic E-state index is 0.457. The van der Waals surface area contributed by atoms with Gasteiger partial charge in [0.2, 0.25) is 5.88 Å². The number of aromatic nitrogens is 1. The third-order valence-electron chi connectivity index (χ3n) is 2.65. The Hall–Kier alpha value is -1.68. The number of halogens is 1. The monoisotopic (exact) mass is 305 g/mol. The highest BCUT2D eigenvalue weighted by atomic mass is 79.9. The Bertz CT molecular complexity index is 552. The van der Waals surface area contributed by atoms with Crippen molar-refractivity contribution in [2.45, 2.75) is 13.5 Å². The van der Waals surface area contributed by atoms with Crippen molar-refractivity contribution in [3.63, 3.8) is 0 Å². The van der Waals surface area contributed by atoms with Gasteiger partial charge in [0.1, 0.15) is 6.61 Å². The van der Waals surface area contributed by atoms with Gasteiger partial charge in [-0.25, -0.2) is 4.98 Å². The lowest BCUT2D eigenvalue weighted by Crippen LogP contribution is -1.99. The number of hydrogen-bond donors (Lipinski definition) is 0. The molecule has 18 heavy (non-hydrogen) atoms. The summed E-state index contributed by atoms with van der Waals surface area (Å²) in [5, 5.41) is 0. The van der Waals surface area contributed by atoms with Gasteiger partial charge in [-0.3, -0.25) is 4.79 Å². The molecule has 2 aromatic rings. The van der Waals surface area contributed by atoms with E-state index in [0.29, 0.717) is 18.1 Å². The number of hydrogen-bond acceptors (Lipinski definition) is 3. The van der Waals surface area contributed by atoms with Crippen molar-refractivity contribution >= 4 is 22.2 Å². The molecule has 2 rings (SSSR count). The molecule has 0 saturated carbocycles. The molecule has 1 aromatic heterocycles. The maximum atomic E-state index is 10.5. The summed E-state index contributed by atoms with van der Waals surface area (Å²) in [4.78, 5) is 14.5. The molecule has 0 fully saturated rings. The summed E-state index contributed by atoms with van der Waals surface area (Å²) in [7, 11) is 0. The molecule has 0 N–H and O–H groups in total. The van der Waals surface area contributed by atoms with Gasteiger partial charge in [0.25, 0.3) is 0 Å². The molecular formula is C14H12BrNO2. The summed E-state index contributed by atoms with van der Waals surface area (Å²) >= 11 is 3.48. The van der Waals surface area contributed by atoms with Crippen molar-refractivity contribution in [3.8, 4) is 5.88 Å². The number of aldehydes is 1. The number of nitrogens with zero attached hydrogens (tertiary/aromatic N) is 1. The largest absolute Gasteiger partial charge is 0.473 e. The molecule has 0 radical (unpaired) electrons. The zero-order valence-corrected chi connectivity index (χ0v) is 11.5. The lowest BCUT2D eigenvalue weighted by Gasteiger charge is -2.09. The Morgan fingerprint density at radius 3 is 2.83 bits per heavy atom. The van der Waals surface area contributed by atoms with Gasteiger partial charge in [0.05, 0.1) is 0 Å². The first kappa shape index (κ1) is 12.8. The van der Waals surface area contributed by atoms with Gasteiger partial charge < -0.3 is 4.74 Å². The van der Waals surface area contributed by atoms with Gasteiger partial charge in [0.15, 0.2) is 6.29 Å². The van der Waals surface area contributed by atoms with Gasteiger partial charge in [-0.15, -0.1) is 0 Å². The van der Waals surface area contributed by atoms with Crippen LogP contribution in [0.2, 0.25) is 0 Å². The van der Waals surface area contributed by atoms with Crippen LogP contribution in [0.25, 0.3) is 0 Å².